The fraction of sp³-hybridized carbons (Fsp3) is 0.188. The second-order valence-corrected chi connectivity index (χ2v) is 4.73. The molecule has 3 rings (SSSR count). The Labute approximate surface area is 117 Å². The third-order valence-electron chi connectivity index (χ3n) is 3.31. The Morgan fingerprint density at radius 2 is 1.80 bits per heavy atom. The monoisotopic (exact) mass is 269 g/mol. The second-order valence-electron chi connectivity index (χ2n) is 4.73. The smallest absolute Gasteiger partial charge is 0.231 e. The number of ketones is 1. The zero-order valence-electron chi connectivity index (χ0n) is 11.0. The topological polar surface area (TPSA) is 61.6 Å². The summed E-state index contributed by atoms with van der Waals surface area (Å²) in [4.78, 5) is 12.1. The van der Waals surface area contributed by atoms with E-state index in [9.17, 15) is 4.79 Å². The molecule has 0 amide bonds. The molecule has 1 aliphatic heterocycles. The summed E-state index contributed by atoms with van der Waals surface area (Å²) < 4.78 is 10.6. The molecule has 0 fully saturated rings. The highest BCUT2D eigenvalue weighted by atomic mass is 16.7. The molecule has 0 aliphatic carbocycles. The number of carbonyl (C=O) groups excluding carboxylic acids is 1. The van der Waals surface area contributed by atoms with Gasteiger partial charge in [0.1, 0.15) is 0 Å². The van der Waals surface area contributed by atoms with E-state index in [4.69, 9.17) is 15.2 Å². The van der Waals surface area contributed by atoms with E-state index < -0.39 is 0 Å². The van der Waals surface area contributed by atoms with E-state index in [2.05, 4.69) is 0 Å². The first-order chi connectivity index (χ1) is 9.72. The lowest BCUT2D eigenvalue weighted by Crippen LogP contribution is -2.01. The van der Waals surface area contributed by atoms with Crippen molar-refractivity contribution in [2.75, 3.05) is 12.5 Å². The molecular formula is C16H15NO3. The number of hydrogen-bond acceptors (Lipinski definition) is 4. The fourth-order valence-electron chi connectivity index (χ4n) is 2.17. The molecule has 4 heteroatoms. The molecule has 102 valence electrons. The van der Waals surface area contributed by atoms with Gasteiger partial charge in [0, 0.05) is 17.7 Å². The van der Waals surface area contributed by atoms with Crippen LogP contribution in [0, 0.1) is 0 Å². The number of aryl methyl sites for hydroxylation is 1. The van der Waals surface area contributed by atoms with E-state index in [1.54, 1.807) is 24.3 Å². The third-order valence-corrected chi connectivity index (χ3v) is 3.31. The Morgan fingerprint density at radius 1 is 1.05 bits per heavy atom. The van der Waals surface area contributed by atoms with Crippen molar-refractivity contribution in [1.82, 2.24) is 0 Å². The van der Waals surface area contributed by atoms with Gasteiger partial charge in [0.15, 0.2) is 17.3 Å². The third kappa shape index (κ3) is 2.59. The summed E-state index contributed by atoms with van der Waals surface area (Å²) in [5.74, 6) is 1.63. The first-order valence-corrected chi connectivity index (χ1v) is 6.49. The Bertz CT molecular complexity index is 635. The van der Waals surface area contributed by atoms with Crippen molar-refractivity contribution in [2.45, 2.75) is 12.8 Å². The van der Waals surface area contributed by atoms with Crippen molar-refractivity contribution in [3.63, 3.8) is 0 Å². The van der Waals surface area contributed by atoms with Crippen LogP contribution >= 0.6 is 0 Å². The van der Waals surface area contributed by atoms with Gasteiger partial charge < -0.3 is 15.2 Å². The highest BCUT2D eigenvalue weighted by molar-refractivity contribution is 5.96. The standard InChI is InChI=1S/C16H15NO3/c17-13-5-3-12(4-6-13)14(18)7-1-11-2-8-15-16(9-11)20-10-19-15/h2-6,8-9H,1,7,10,17H2. The largest absolute Gasteiger partial charge is 0.454 e. The molecular weight excluding hydrogens is 254 g/mol. The van der Waals surface area contributed by atoms with Gasteiger partial charge in [-0.1, -0.05) is 6.07 Å². The average Bonchev–Trinajstić information content (AvgIpc) is 2.93. The predicted octanol–water partition coefficient (Wildman–Crippen LogP) is 2.81. The minimum absolute atomic E-state index is 0.114. The molecule has 0 aromatic heterocycles. The molecule has 0 spiro atoms. The number of anilines is 1. The second kappa shape index (κ2) is 5.25. The molecule has 20 heavy (non-hydrogen) atoms. The van der Waals surface area contributed by atoms with E-state index in [0.29, 0.717) is 24.1 Å². The fourth-order valence-corrected chi connectivity index (χ4v) is 2.17. The van der Waals surface area contributed by atoms with Crippen molar-refractivity contribution in [3.05, 3.63) is 53.6 Å². The number of fused-ring (bicyclic) bond motifs is 1. The summed E-state index contributed by atoms with van der Waals surface area (Å²) in [6, 6.07) is 12.8. The summed E-state index contributed by atoms with van der Waals surface area (Å²) >= 11 is 0. The summed E-state index contributed by atoms with van der Waals surface area (Å²) in [7, 11) is 0. The number of Topliss-reactive ketones (excluding diaryl/α,β-unsaturated/α-hetero) is 1. The van der Waals surface area contributed by atoms with Gasteiger partial charge in [0.2, 0.25) is 6.79 Å². The molecule has 1 heterocycles. The van der Waals surface area contributed by atoms with Crippen LogP contribution in [0.25, 0.3) is 0 Å². The van der Waals surface area contributed by atoms with Crippen LogP contribution in [0.3, 0.4) is 0 Å². The number of nitrogen functional groups attached to an aromatic ring is 1. The van der Waals surface area contributed by atoms with Crippen molar-refractivity contribution < 1.29 is 14.3 Å². The molecule has 0 radical (unpaired) electrons. The normalized spacial score (nSPS) is 12.4. The highest BCUT2D eigenvalue weighted by Crippen LogP contribution is 2.32. The van der Waals surface area contributed by atoms with Crippen molar-refractivity contribution in [2.24, 2.45) is 0 Å². The number of hydrogen-bond donors (Lipinski definition) is 1. The zero-order valence-corrected chi connectivity index (χ0v) is 11.0. The number of nitrogens with two attached hydrogens (primary N) is 1. The van der Waals surface area contributed by atoms with E-state index in [0.717, 1.165) is 17.1 Å². The van der Waals surface area contributed by atoms with Crippen molar-refractivity contribution in [1.29, 1.82) is 0 Å². The lowest BCUT2D eigenvalue weighted by molar-refractivity contribution is 0.0983. The maximum absolute atomic E-state index is 12.1. The number of benzene rings is 2. The van der Waals surface area contributed by atoms with Gasteiger partial charge in [-0.2, -0.15) is 0 Å². The van der Waals surface area contributed by atoms with Crippen LogP contribution in [-0.4, -0.2) is 12.6 Å². The lowest BCUT2D eigenvalue weighted by atomic mass is 10.0. The Morgan fingerprint density at radius 3 is 2.60 bits per heavy atom. The van der Waals surface area contributed by atoms with Crippen LogP contribution in [0.4, 0.5) is 5.69 Å². The van der Waals surface area contributed by atoms with E-state index in [1.165, 1.54) is 0 Å². The van der Waals surface area contributed by atoms with E-state index >= 15 is 0 Å². The van der Waals surface area contributed by atoms with Crippen LogP contribution in [0.5, 0.6) is 11.5 Å². The first kappa shape index (κ1) is 12.5. The predicted molar refractivity (Wildman–Crippen MR) is 76.1 cm³/mol. The molecule has 0 atom stereocenters. The molecule has 0 saturated carbocycles. The number of rotatable bonds is 4. The quantitative estimate of drug-likeness (QED) is 0.685. The Hall–Kier alpha value is -2.49. The molecule has 0 bridgehead atoms. The van der Waals surface area contributed by atoms with Gasteiger partial charge in [-0.25, -0.2) is 0 Å². The number of ether oxygens (including phenoxy) is 2. The van der Waals surface area contributed by atoms with Gasteiger partial charge in [-0.15, -0.1) is 0 Å². The van der Waals surface area contributed by atoms with Gasteiger partial charge >= 0.3 is 0 Å². The van der Waals surface area contributed by atoms with Crippen LogP contribution < -0.4 is 15.2 Å². The summed E-state index contributed by atoms with van der Waals surface area (Å²) in [6.45, 7) is 0.267. The minimum atomic E-state index is 0.114. The van der Waals surface area contributed by atoms with Crippen LogP contribution in [0.2, 0.25) is 0 Å². The maximum atomic E-state index is 12.1. The number of carbonyl (C=O) groups is 1. The van der Waals surface area contributed by atoms with Gasteiger partial charge in [-0.3, -0.25) is 4.79 Å². The van der Waals surface area contributed by atoms with Gasteiger partial charge in [-0.05, 0) is 48.4 Å². The highest BCUT2D eigenvalue weighted by Gasteiger charge is 2.13. The molecule has 2 aromatic rings. The SMILES string of the molecule is Nc1ccc(C(=O)CCc2ccc3c(c2)OCO3)cc1. The Kier molecular flexibility index (Phi) is 3.29. The van der Waals surface area contributed by atoms with Crippen molar-refractivity contribution in [3.8, 4) is 11.5 Å². The molecule has 4 nitrogen and oxygen atoms in total. The van der Waals surface area contributed by atoms with Crippen molar-refractivity contribution >= 4 is 11.5 Å². The molecule has 0 saturated heterocycles. The van der Waals surface area contributed by atoms with Gasteiger partial charge in [0.05, 0.1) is 0 Å². The van der Waals surface area contributed by atoms with Crippen LogP contribution in [0.15, 0.2) is 42.5 Å². The zero-order chi connectivity index (χ0) is 13.9. The first-order valence-electron chi connectivity index (χ1n) is 6.49. The molecule has 2 N–H and O–H groups in total. The van der Waals surface area contributed by atoms with E-state index in [-0.39, 0.29) is 12.6 Å². The molecule has 2 aromatic carbocycles. The molecule has 0 unspecified atom stereocenters. The molecule has 1 aliphatic rings. The van der Waals surface area contributed by atoms with Crippen LogP contribution in [-0.2, 0) is 6.42 Å². The Balaban J connectivity index is 1.64. The van der Waals surface area contributed by atoms with Gasteiger partial charge in [0.25, 0.3) is 0 Å². The van der Waals surface area contributed by atoms with E-state index in [1.807, 2.05) is 18.2 Å². The summed E-state index contributed by atoms with van der Waals surface area (Å²) in [5.41, 5.74) is 8.03. The summed E-state index contributed by atoms with van der Waals surface area (Å²) in [6.07, 6.45) is 1.14. The van der Waals surface area contributed by atoms with Crippen LogP contribution in [0.1, 0.15) is 22.3 Å². The average molecular weight is 269 g/mol. The maximum Gasteiger partial charge on any atom is 0.231 e. The summed E-state index contributed by atoms with van der Waals surface area (Å²) in [5, 5.41) is 0. The lowest BCUT2D eigenvalue weighted by Gasteiger charge is -2.04. The minimum Gasteiger partial charge on any atom is -0.454 e.